The first-order chi connectivity index (χ1) is 13.5. The smallest absolute Gasteiger partial charge is 0.310 e. The van der Waals surface area contributed by atoms with Crippen LogP contribution in [0.1, 0.15) is 16.8 Å². The van der Waals surface area contributed by atoms with Crippen molar-refractivity contribution in [2.24, 2.45) is 0 Å². The monoisotopic (exact) mass is 400 g/mol. The maximum Gasteiger partial charge on any atom is 0.310 e. The Morgan fingerprint density at radius 3 is 2.46 bits per heavy atom. The van der Waals surface area contributed by atoms with Crippen LogP contribution in [0.4, 0.5) is 0 Å². The number of hydrogen-bond acceptors (Lipinski definition) is 5. The van der Waals surface area contributed by atoms with Crippen LogP contribution in [0.2, 0.25) is 5.15 Å². The molecule has 0 unspecified atom stereocenters. The molecule has 0 spiro atoms. The number of aromatic nitrogens is 2. The lowest BCUT2D eigenvalue weighted by molar-refractivity contribution is -0.144. The number of halogens is 1. The maximum atomic E-state index is 12.3. The Kier molecular flexibility index (Phi) is 6.21. The molecule has 0 saturated carbocycles. The molecule has 0 fully saturated rings. The fraction of sp³-hybridized carbons (Fsp3) is 0.238. The summed E-state index contributed by atoms with van der Waals surface area (Å²) < 4.78 is 17.5. The largest absolute Gasteiger partial charge is 0.493 e. The minimum Gasteiger partial charge on any atom is -0.493 e. The number of carbonyl (C=O) groups is 1. The number of ether oxygens (including phenoxy) is 3. The first kappa shape index (κ1) is 19.8. The Hall–Kier alpha value is -2.99. The van der Waals surface area contributed by atoms with Crippen molar-refractivity contribution < 1.29 is 19.0 Å². The summed E-state index contributed by atoms with van der Waals surface area (Å²) in [5, 5.41) is 4.88. The van der Waals surface area contributed by atoms with Gasteiger partial charge >= 0.3 is 5.97 Å². The van der Waals surface area contributed by atoms with Crippen molar-refractivity contribution in [3.05, 3.63) is 70.5 Å². The number of hydrogen-bond donors (Lipinski definition) is 0. The summed E-state index contributed by atoms with van der Waals surface area (Å²) in [5.41, 5.74) is 3.02. The Morgan fingerprint density at radius 2 is 1.79 bits per heavy atom. The van der Waals surface area contributed by atoms with Gasteiger partial charge in [0.05, 0.1) is 32.0 Å². The summed E-state index contributed by atoms with van der Waals surface area (Å²) in [6.45, 7) is 1.90. The summed E-state index contributed by atoms with van der Waals surface area (Å²) >= 11 is 6.46. The van der Waals surface area contributed by atoms with Crippen LogP contribution >= 0.6 is 11.6 Å². The van der Waals surface area contributed by atoms with Crippen molar-refractivity contribution in [1.29, 1.82) is 0 Å². The van der Waals surface area contributed by atoms with Gasteiger partial charge in [0.15, 0.2) is 11.5 Å². The van der Waals surface area contributed by atoms with Crippen LogP contribution in [0.3, 0.4) is 0 Å². The quantitative estimate of drug-likeness (QED) is 0.558. The lowest BCUT2D eigenvalue weighted by Gasteiger charge is -2.10. The van der Waals surface area contributed by atoms with Gasteiger partial charge in [-0.15, -0.1) is 0 Å². The number of esters is 1. The van der Waals surface area contributed by atoms with E-state index in [2.05, 4.69) is 5.10 Å². The van der Waals surface area contributed by atoms with E-state index in [0.29, 0.717) is 27.9 Å². The van der Waals surface area contributed by atoms with Crippen LogP contribution in [0.15, 0.2) is 48.5 Å². The van der Waals surface area contributed by atoms with Crippen LogP contribution in [0.25, 0.3) is 5.69 Å². The van der Waals surface area contributed by atoms with Crippen molar-refractivity contribution in [3.8, 4) is 17.2 Å². The fourth-order valence-electron chi connectivity index (χ4n) is 2.80. The predicted molar refractivity (Wildman–Crippen MR) is 106 cm³/mol. The Balaban J connectivity index is 1.68. The number of benzene rings is 2. The van der Waals surface area contributed by atoms with E-state index < -0.39 is 0 Å². The molecule has 0 bridgehead atoms. The molecule has 1 aromatic heterocycles. The Bertz CT molecular complexity index is 970. The SMILES string of the molecule is COc1ccc(CC(=O)OCc2c(C)nn(-c3ccccc3)c2Cl)cc1OC. The summed E-state index contributed by atoms with van der Waals surface area (Å²) in [4.78, 5) is 12.3. The molecule has 2 aromatic carbocycles. The van der Waals surface area contributed by atoms with Crippen LogP contribution in [0.5, 0.6) is 11.5 Å². The Morgan fingerprint density at radius 1 is 1.07 bits per heavy atom. The minimum absolute atomic E-state index is 0.0591. The zero-order chi connectivity index (χ0) is 20.1. The van der Waals surface area contributed by atoms with E-state index in [1.165, 1.54) is 0 Å². The molecule has 0 aliphatic carbocycles. The van der Waals surface area contributed by atoms with Gasteiger partial charge in [0.1, 0.15) is 11.8 Å². The summed E-state index contributed by atoms with van der Waals surface area (Å²) in [5.74, 6) is 0.807. The summed E-state index contributed by atoms with van der Waals surface area (Å²) in [6.07, 6.45) is 0.115. The van der Waals surface area contributed by atoms with Crippen LogP contribution in [-0.2, 0) is 22.6 Å². The van der Waals surface area contributed by atoms with Crippen LogP contribution in [-0.4, -0.2) is 30.0 Å². The molecule has 0 aliphatic heterocycles. The van der Waals surface area contributed by atoms with Gasteiger partial charge in [0.2, 0.25) is 0 Å². The number of methoxy groups -OCH3 is 2. The molecule has 0 N–H and O–H groups in total. The van der Waals surface area contributed by atoms with Gasteiger partial charge in [0, 0.05) is 5.56 Å². The molecule has 0 saturated heterocycles. The lowest BCUT2D eigenvalue weighted by atomic mass is 10.1. The van der Waals surface area contributed by atoms with Gasteiger partial charge in [-0.3, -0.25) is 4.79 Å². The lowest BCUT2D eigenvalue weighted by Crippen LogP contribution is -2.08. The van der Waals surface area contributed by atoms with Crippen LogP contribution < -0.4 is 9.47 Å². The molecular formula is C21H21ClN2O4. The maximum absolute atomic E-state index is 12.3. The second kappa shape index (κ2) is 8.80. The first-order valence-corrected chi connectivity index (χ1v) is 9.07. The molecule has 146 valence electrons. The second-order valence-corrected chi connectivity index (χ2v) is 6.49. The van der Waals surface area contributed by atoms with E-state index >= 15 is 0 Å². The predicted octanol–water partition coefficient (Wildman–Crippen LogP) is 4.14. The zero-order valence-corrected chi connectivity index (χ0v) is 16.7. The fourth-order valence-corrected chi connectivity index (χ4v) is 3.12. The molecule has 0 amide bonds. The molecule has 28 heavy (non-hydrogen) atoms. The molecule has 3 rings (SSSR count). The standard InChI is InChI=1S/C21H21ClN2O4/c1-14-17(21(22)24(23-14)16-7-5-4-6-8-16)13-28-20(25)12-15-9-10-18(26-2)19(11-15)27-3/h4-11H,12-13H2,1-3H3. The molecule has 0 atom stereocenters. The third-order valence-electron chi connectivity index (χ3n) is 4.30. The number of nitrogens with zero attached hydrogens (tertiary/aromatic N) is 2. The Labute approximate surface area is 168 Å². The summed E-state index contributed by atoms with van der Waals surface area (Å²) in [6, 6.07) is 14.9. The minimum atomic E-state index is -0.366. The average Bonchev–Trinajstić information content (AvgIpc) is 3.00. The zero-order valence-electron chi connectivity index (χ0n) is 15.9. The molecule has 0 aliphatic rings. The van der Waals surface area contributed by atoms with Gasteiger partial charge in [0.25, 0.3) is 0 Å². The first-order valence-electron chi connectivity index (χ1n) is 8.69. The van der Waals surface area contributed by atoms with E-state index in [-0.39, 0.29) is 19.0 Å². The highest BCUT2D eigenvalue weighted by atomic mass is 35.5. The van der Waals surface area contributed by atoms with Crippen molar-refractivity contribution in [2.75, 3.05) is 14.2 Å². The molecular weight excluding hydrogens is 380 g/mol. The van der Waals surface area contributed by atoms with Crippen molar-refractivity contribution in [1.82, 2.24) is 9.78 Å². The molecule has 0 radical (unpaired) electrons. The number of carbonyl (C=O) groups excluding carboxylic acids is 1. The van der Waals surface area contributed by atoms with Gasteiger partial charge in [-0.1, -0.05) is 35.9 Å². The number of rotatable bonds is 7. The van der Waals surface area contributed by atoms with Crippen molar-refractivity contribution in [3.63, 3.8) is 0 Å². The topological polar surface area (TPSA) is 62.6 Å². The summed E-state index contributed by atoms with van der Waals surface area (Å²) in [7, 11) is 3.11. The highest BCUT2D eigenvalue weighted by molar-refractivity contribution is 6.30. The molecule has 6 nitrogen and oxygen atoms in total. The molecule has 1 heterocycles. The van der Waals surface area contributed by atoms with E-state index in [0.717, 1.165) is 11.3 Å². The van der Waals surface area contributed by atoms with Gasteiger partial charge in [-0.2, -0.15) is 5.10 Å². The van der Waals surface area contributed by atoms with E-state index in [4.69, 9.17) is 25.8 Å². The van der Waals surface area contributed by atoms with E-state index in [9.17, 15) is 4.79 Å². The van der Waals surface area contributed by atoms with Gasteiger partial charge < -0.3 is 14.2 Å². The van der Waals surface area contributed by atoms with Crippen molar-refractivity contribution in [2.45, 2.75) is 20.0 Å². The van der Waals surface area contributed by atoms with Gasteiger partial charge in [-0.05, 0) is 36.8 Å². The van der Waals surface area contributed by atoms with Crippen LogP contribution in [0, 0.1) is 6.92 Å². The highest BCUT2D eigenvalue weighted by Gasteiger charge is 2.17. The molecule has 7 heteroatoms. The average molecular weight is 401 g/mol. The second-order valence-electron chi connectivity index (χ2n) is 6.13. The number of para-hydroxylation sites is 1. The molecule has 3 aromatic rings. The van der Waals surface area contributed by atoms with Crippen molar-refractivity contribution >= 4 is 17.6 Å². The highest BCUT2D eigenvalue weighted by Crippen LogP contribution is 2.28. The third-order valence-corrected chi connectivity index (χ3v) is 4.68. The van der Waals surface area contributed by atoms with E-state index in [1.807, 2.05) is 37.3 Å². The van der Waals surface area contributed by atoms with Gasteiger partial charge in [-0.25, -0.2) is 4.68 Å². The third kappa shape index (κ3) is 4.28. The normalized spacial score (nSPS) is 10.6. The van der Waals surface area contributed by atoms with E-state index in [1.54, 1.807) is 37.1 Å². The number of aryl methyl sites for hydroxylation is 1.